The Kier molecular flexibility index (Phi) is 7.84. The second-order valence-corrected chi connectivity index (χ2v) is 8.32. The number of hydrogen-bond acceptors (Lipinski definition) is 5. The molecule has 2 heterocycles. The van der Waals surface area contributed by atoms with E-state index in [0.717, 1.165) is 6.42 Å². The summed E-state index contributed by atoms with van der Waals surface area (Å²) in [5.41, 5.74) is 1.92. The van der Waals surface area contributed by atoms with Crippen molar-refractivity contribution in [1.29, 1.82) is 0 Å². The number of halogens is 2. The van der Waals surface area contributed by atoms with Crippen molar-refractivity contribution in [3.05, 3.63) is 69.1 Å². The molecule has 172 valence electrons. The van der Waals surface area contributed by atoms with Crippen LogP contribution in [0, 0.1) is 6.92 Å². The normalized spacial score (nSPS) is 10.7. The topological polar surface area (TPSA) is 106 Å². The number of pyridine rings is 1. The Morgan fingerprint density at radius 1 is 1.12 bits per heavy atom. The highest BCUT2D eigenvalue weighted by molar-refractivity contribution is 6.32. The lowest BCUT2D eigenvalue weighted by molar-refractivity contribution is -0.116. The predicted molar refractivity (Wildman–Crippen MR) is 128 cm³/mol. The number of aromatic nitrogens is 3. The zero-order valence-corrected chi connectivity index (χ0v) is 19.9. The fraction of sp³-hybridized carbons (Fsp3) is 0.261. The van der Waals surface area contributed by atoms with E-state index in [1.54, 1.807) is 37.4 Å². The zero-order chi connectivity index (χ0) is 24.1. The minimum absolute atomic E-state index is 0.136. The number of aryl methyl sites for hydroxylation is 2. The molecule has 0 bridgehead atoms. The van der Waals surface area contributed by atoms with Crippen LogP contribution in [0.4, 0.5) is 5.69 Å². The molecule has 8 nitrogen and oxygen atoms in total. The van der Waals surface area contributed by atoms with Crippen molar-refractivity contribution in [2.45, 2.75) is 33.6 Å². The summed E-state index contributed by atoms with van der Waals surface area (Å²) >= 11 is 12.4. The van der Waals surface area contributed by atoms with Gasteiger partial charge >= 0.3 is 0 Å². The van der Waals surface area contributed by atoms with Gasteiger partial charge in [0.05, 0.1) is 28.5 Å². The Hall–Kier alpha value is -3.23. The van der Waals surface area contributed by atoms with E-state index in [9.17, 15) is 14.4 Å². The maximum Gasteiger partial charge on any atom is 0.274 e. The SMILES string of the molecule is CCCc1cc(C(=O)Nc2c(C)cc(Cl)cc2C(=O)NCC(C)=O)n(-c2ncccc2Cl)n1. The lowest BCUT2D eigenvalue weighted by Crippen LogP contribution is -2.30. The third-order valence-electron chi connectivity index (χ3n) is 4.72. The van der Waals surface area contributed by atoms with Crippen molar-refractivity contribution in [2.24, 2.45) is 0 Å². The molecule has 0 spiro atoms. The molecule has 0 saturated carbocycles. The molecular weight excluding hydrogens is 465 g/mol. The lowest BCUT2D eigenvalue weighted by atomic mass is 10.1. The average Bonchev–Trinajstić information content (AvgIpc) is 3.18. The number of nitrogens with one attached hydrogen (secondary N) is 2. The number of rotatable bonds is 8. The molecule has 0 unspecified atom stereocenters. The fourth-order valence-electron chi connectivity index (χ4n) is 3.23. The average molecular weight is 488 g/mol. The van der Waals surface area contributed by atoms with E-state index in [-0.39, 0.29) is 29.3 Å². The van der Waals surface area contributed by atoms with Crippen molar-refractivity contribution < 1.29 is 14.4 Å². The Labute approximate surface area is 201 Å². The number of amides is 2. The largest absolute Gasteiger partial charge is 0.345 e. The van der Waals surface area contributed by atoms with Crippen LogP contribution in [-0.4, -0.2) is 38.9 Å². The van der Waals surface area contributed by atoms with E-state index in [1.165, 1.54) is 17.7 Å². The molecular formula is C23H23Cl2N5O3. The van der Waals surface area contributed by atoms with Crippen LogP contribution in [0.1, 0.15) is 52.4 Å². The van der Waals surface area contributed by atoms with E-state index in [0.29, 0.717) is 33.5 Å². The fourth-order valence-corrected chi connectivity index (χ4v) is 3.70. The van der Waals surface area contributed by atoms with Crippen LogP contribution in [0.2, 0.25) is 10.0 Å². The molecule has 0 aliphatic heterocycles. The van der Waals surface area contributed by atoms with Gasteiger partial charge in [-0.1, -0.05) is 36.5 Å². The standard InChI is InChI=1S/C23H23Cl2N5O3/c1-4-6-16-11-19(30(29-16)21-18(25)7-5-8-26-21)23(33)28-20-13(2)9-15(24)10-17(20)22(32)27-12-14(3)31/h5,7-11H,4,6,12H2,1-3H3,(H,27,32)(H,28,33). The highest BCUT2D eigenvalue weighted by Crippen LogP contribution is 2.27. The van der Waals surface area contributed by atoms with E-state index in [4.69, 9.17) is 23.2 Å². The number of carbonyl (C=O) groups is 3. The summed E-state index contributed by atoms with van der Waals surface area (Å²) < 4.78 is 1.39. The molecule has 10 heteroatoms. The van der Waals surface area contributed by atoms with E-state index < -0.39 is 11.8 Å². The van der Waals surface area contributed by atoms with Gasteiger partial charge in [-0.2, -0.15) is 5.10 Å². The van der Waals surface area contributed by atoms with Gasteiger partial charge < -0.3 is 10.6 Å². The van der Waals surface area contributed by atoms with Gasteiger partial charge in [0.2, 0.25) is 0 Å². The van der Waals surface area contributed by atoms with Gasteiger partial charge in [-0.15, -0.1) is 0 Å². The quantitative estimate of drug-likeness (QED) is 0.489. The molecule has 0 radical (unpaired) electrons. The molecule has 2 aromatic heterocycles. The van der Waals surface area contributed by atoms with Crippen LogP contribution in [0.15, 0.2) is 36.5 Å². The number of nitrogens with zero attached hydrogens (tertiary/aromatic N) is 3. The molecule has 2 amide bonds. The first-order valence-electron chi connectivity index (χ1n) is 10.3. The summed E-state index contributed by atoms with van der Waals surface area (Å²) in [6.45, 7) is 4.96. The predicted octanol–water partition coefficient (Wildman–Crippen LogP) is 4.41. The van der Waals surface area contributed by atoms with Gasteiger partial charge in [-0.05, 0) is 56.2 Å². The van der Waals surface area contributed by atoms with Gasteiger partial charge in [0.25, 0.3) is 11.8 Å². The lowest BCUT2D eigenvalue weighted by Gasteiger charge is -2.15. The van der Waals surface area contributed by atoms with Gasteiger partial charge in [-0.25, -0.2) is 9.67 Å². The van der Waals surface area contributed by atoms with Crippen LogP contribution in [0.25, 0.3) is 5.82 Å². The maximum absolute atomic E-state index is 13.4. The minimum atomic E-state index is -0.529. The van der Waals surface area contributed by atoms with Crippen LogP contribution in [0.5, 0.6) is 0 Å². The summed E-state index contributed by atoms with van der Waals surface area (Å²) in [6.07, 6.45) is 3.06. The molecule has 33 heavy (non-hydrogen) atoms. The monoisotopic (exact) mass is 487 g/mol. The number of hydrogen-bond donors (Lipinski definition) is 2. The minimum Gasteiger partial charge on any atom is -0.345 e. The Bertz CT molecular complexity index is 1220. The first kappa shape index (κ1) is 24.4. The zero-order valence-electron chi connectivity index (χ0n) is 18.4. The van der Waals surface area contributed by atoms with Crippen molar-refractivity contribution in [1.82, 2.24) is 20.1 Å². The molecule has 0 atom stereocenters. The molecule has 3 aromatic rings. The first-order valence-corrected chi connectivity index (χ1v) is 11.1. The molecule has 0 aliphatic rings. The Morgan fingerprint density at radius 2 is 1.88 bits per heavy atom. The maximum atomic E-state index is 13.4. The van der Waals surface area contributed by atoms with E-state index in [1.807, 2.05) is 6.92 Å². The molecule has 0 fully saturated rings. The van der Waals surface area contributed by atoms with Crippen LogP contribution >= 0.6 is 23.2 Å². The van der Waals surface area contributed by atoms with Crippen LogP contribution in [-0.2, 0) is 11.2 Å². The van der Waals surface area contributed by atoms with Gasteiger partial charge in [0, 0.05) is 11.2 Å². The number of ketones is 1. The number of anilines is 1. The summed E-state index contributed by atoms with van der Waals surface area (Å²) in [4.78, 5) is 41.6. The number of carbonyl (C=O) groups excluding carboxylic acids is 3. The number of benzene rings is 1. The summed E-state index contributed by atoms with van der Waals surface area (Å²) in [7, 11) is 0. The van der Waals surface area contributed by atoms with Gasteiger partial charge in [0.15, 0.2) is 5.82 Å². The van der Waals surface area contributed by atoms with E-state index in [2.05, 4.69) is 20.7 Å². The Morgan fingerprint density at radius 3 is 2.55 bits per heavy atom. The smallest absolute Gasteiger partial charge is 0.274 e. The molecule has 2 N–H and O–H groups in total. The highest BCUT2D eigenvalue weighted by Gasteiger charge is 2.22. The number of Topliss-reactive ketones (excluding diaryl/α,β-unsaturated/α-hetero) is 1. The van der Waals surface area contributed by atoms with Crippen molar-refractivity contribution in [3.8, 4) is 5.82 Å². The van der Waals surface area contributed by atoms with E-state index >= 15 is 0 Å². The first-order chi connectivity index (χ1) is 15.7. The van der Waals surface area contributed by atoms with Crippen LogP contribution < -0.4 is 10.6 Å². The second-order valence-electron chi connectivity index (χ2n) is 7.48. The molecule has 0 saturated heterocycles. The third kappa shape index (κ3) is 5.77. The highest BCUT2D eigenvalue weighted by atomic mass is 35.5. The van der Waals surface area contributed by atoms with Gasteiger partial charge in [-0.3, -0.25) is 14.4 Å². The third-order valence-corrected chi connectivity index (χ3v) is 5.23. The second kappa shape index (κ2) is 10.6. The molecule has 0 aliphatic carbocycles. The molecule has 3 rings (SSSR count). The van der Waals surface area contributed by atoms with Crippen LogP contribution in [0.3, 0.4) is 0 Å². The van der Waals surface area contributed by atoms with Crippen molar-refractivity contribution in [2.75, 3.05) is 11.9 Å². The van der Waals surface area contributed by atoms with Gasteiger partial charge in [0.1, 0.15) is 11.5 Å². The van der Waals surface area contributed by atoms with Crippen molar-refractivity contribution in [3.63, 3.8) is 0 Å². The molecule has 1 aromatic carbocycles. The van der Waals surface area contributed by atoms with Crippen molar-refractivity contribution >= 4 is 46.5 Å². The Balaban J connectivity index is 2.02. The summed E-state index contributed by atoms with van der Waals surface area (Å²) in [6, 6.07) is 8.09. The summed E-state index contributed by atoms with van der Waals surface area (Å²) in [5, 5.41) is 10.5. The summed E-state index contributed by atoms with van der Waals surface area (Å²) in [5.74, 6) is -0.914.